The molecule has 0 spiro atoms. The lowest BCUT2D eigenvalue weighted by atomic mass is 9.87. The second-order valence-electron chi connectivity index (χ2n) is 4.19. The minimum absolute atomic E-state index is 0.0295. The first-order valence-corrected chi connectivity index (χ1v) is 5.50. The summed E-state index contributed by atoms with van der Waals surface area (Å²) in [6, 6.07) is 4.86. The summed E-state index contributed by atoms with van der Waals surface area (Å²) >= 11 is 0. The summed E-state index contributed by atoms with van der Waals surface area (Å²) in [5.74, 6) is -1.48. The molecule has 1 aliphatic heterocycles. The van der Waals surface area contributed by atoms with Gasteiger partial charge in [-0.3, -0.25) is 14.6 Å². The molecule has 2 rings (SSSR count). The number of carbonyl (C=O) groups excluding carboxylic acids is 1. The lowest BCUT2D eigenvalue weighted by molar-refractivity contribution is -0.151. The fourth-order valence-electron chi connectivity index (χ4n) is 2.25. The van der Waals surface area contributed by atoms with Crippen LogP contribution in [0.2, 0.25) is 0 Å². The van der Waals surface area contributed by atoms with Gasteiger partial charge in [-0.2, -0.15) is 0 Å². The van der Waals surface area contributed by atoms with E-state index in [1.165, 1.54) is 4.90 Å². The Morgan fingerprint density at radius 3 is 2.88 bits per heavy atom. The van der Waals surface area contributed by atoms with Crippen LogP contribution in [0.5, 0.6) is 0 Å². The molecule has 1 aliphatic rings. The maximum atomic E-state index is 11.7. The standard InChI is InChI=1S/C12H14N2O3/c1-14-10(15)6-5-8(12(16)17)11(14)9-4-2-3-7-13-9/h2-4,7-8,11H,5-6H2,1H3,(H,16,17). The zero-order chi connectivity index (χ0) is 12.4. The van der Waals surface area contributed by atoms with E-state index in [-0.39, 0.29) is 12.3 Å². The number of amides is 1. The molecule has 5 heteroatoms. The summed E-state index contributed by atoms with van der Waals surface area (Å²) < 4.78 is 0. The molecular weight excluding hydrogens is 220 g/mol. The number of carbonyl (C=O) groups is 2. The number of carboxylic acids is 1. The second-order valence-corrected chi connectivity index (χ2v) is 4.19. The monoisotopic (exact) mass is 234 g/mol. The van der Waals surface area contributed by atoms with Gasteiger partial charge >= 0.3 is 5.97 Å². The van der Waals surface area contributed by atoms with Gasteiger partial charge in [-0.1, -0.05) is 6.07 Å². The van der Waals surface area contributed by atoms with E-state index in [9.17, 15) is 14.7 Å². The highest BCUT2D eigenvalue weighted by Crippen LogP contribution is 2.34. The largest absolute Gasteiger partial charge is 0.481 e. The number of nitrogens with zero attached hydrogens (tertiary/aromatic N) is 2. The van der Waals surface area contributed by atoms with Crippen LogP contribution < -0.4 is 0 Å². The topological polar surface area (TPSA) is 70.5 Å². The number of aromatic nitrogens is 1. The highest BCUT2D eigenvalue weighted by molar-refractivity contribution is 5.81. The van der Waals surface area contributed by atoms with Gasteiger partial charge in [0.05, 0.1) is 17.7 Å². The molecule has 5 nitrogen and oxygen atoms in total. The Hall–Kier alpha value is -1.91. The molecule has 2 heterocycles. The molecular formula is C12H14N2O3. The van der Waals surface area contributed by atoms with E-state index in [0.717, 1.165) is 0 Å². The maximum Gasteiger partial charge on any atom is 0.309 e. The van der Waals surface area contributed by atoms with Crippen molar-refractivity contribution in [2.24, 2.45) is 5.92 Å². The summed E-state index contributed by atoms with van der Waals surface area (Å²) in [4.78, 5) is 28.5. The Morgan fingerprint density at radius 1 is 1.53 bits per heavy atom. The van der Waals surface area contributed by atoms with E-state index in [4.69, 9.17) is 0 Å². The Labute approximate surface area is 99.1 Å². The fourth-order valence-corrected chi connectivity index (χ4v) is 2.25. The van der Waals surface area contributed by atoms with Crippen LogP contribution in [-0.4, -0.2) is 33.9 Å². The third-order valence-electron chi connectivity index (χ3n) is 3.17. The Balaban J connectivity index is 2.37. The smallest absolute Gasteiger partial charge is 0.309 e. The van der Waals surface area contributed by atoms with E-state index in [0.29, 0.717) is 12.1 Å². The fraction of sp³-hybridized carbons (Fsp3) is 0.417. The van der Waals surface area contributed by atoms with E-state index >= 15 is 0 Å². The zero-order valence-electron chi connectivity index (χ0n) is 9.54. The summed E-state index contributed by atoms with van der Waals surface area (Å²) in [6.45, 7) is 0. The number of piperidine rings is 1. The van der Waals surface area contributed by atoms with Gasteiger partial charge in [0.2, 0.25) is 5.91 Å². The molecule has 1 aromatic heterocycles. The van der Waals surface area contributed by atoms with Crippen molar-refractivity contribution in [1.29, 1.82) is 0 Å². The normalized spacial score (nSPS) is 24.8. The van der Waals surface area contributed by atoms with Gasteiger partial charge < -0.3 is 10.0 Å². The Kier molecular flexibility index (Phi) is 3.08. The van der Waals surface area contributed by atoms with Gasteiger partial charge in [0.25, 0.3) is 0 Å². The van der Waals surface area contributed by atoms with E-state index in [1.54, 1.807) is 31.4 Å². The Bertz CT molecular complexity index is 433. The van der Waals surface area contributed by atoms with Crippen LogP contribution >= 0.6 is 0 Å². The lowest BCUT2D eigenvalue weighted by Gasteiger charge is -2.36. The van der Waals surface area contributed by atoms with Crippen molar-refractivity contribution in [1.82, 2.24) is 9.88 Å². The predicted molar refractivity (Wildman–Crippen MR) is 60.1 cm³/mol. The lowest BCUT2D eigenvalue weighted by Crippen LogP contribution is -2.43. The van der Waals surface area contributed by atoms with Gasteiger partial charge in [0.1, 0.15) is 0 Å². The number of carboxylic acid groups (broad SMARTS) is 1. The van der Waals surface area contributed by atoms with Crippen LogP contribution in [0, 0.1) is 5.92 Å². The summed E-state index contributed by atoms with van der Waals surface area (Å²) in [5, 5.41) is 9.21. The molecule has 2 unspecified atom stereocenters. The third kappa shape index (κ3) is 2.13. The minimum atomic E-state index is -0.875. The molecule has 1 amide bonds. The van der Waals surface area contributed by atoms with Crippen molar-refractivity contribution in [2.45, 2.75) is 18.9 Å². The number of hydrogen-bond acceptors (Lipinski definition) is 3. The second kappa shape index (κ2) is 4.53. The SMILES string of the molecule is CN1C(=O)CCC(C(=O)O)C1c1ccccn1. The molecule has 17 heavy (non-hydrogen) atoms. The molecule has 1 aromatic rings. The van der Waals surface area contributed by atoms with Crippen molar-refractivity contribution in [2.75, 3.05) is 7.05 Å². The number of hydrogen-bond donors (Lipinski definition) is 1. The number of aliphatic carboxylic acids is 1. The highest BCUT2D eigenvalue weighted by Gasteiger charge is 2.39. The van der Waals surface area contributed by atoms with Crippen LogP contribution in [0.1, 0.15) is 24.6 Å². The molecule has 0 radical (unpaired) electrons. The van der Waals surface area contributed by atoms with Crippen LogP contribution in [0.25, 0.3) is 0 Å². The van der Waals surface area contributed by atoms with Gasteiger partial charge in [-0.05, 0) is 18.6 Å². The maximum absolute atomic E-state index is 11.7. The molecule has 0 aliphatic carbocycles. The molecule has 2 atom stereocenters. The third-order valence-corrected chi connectivity index (χ3v) is 3.17. The highest BCUT2D eigenvalue weighted by atomic mass is 16.4. The molecule has 1 saturated heterocycles. The summed E-state index contributed by atoms with van der Waals surface area (Å²) in [5.41, 5.74) is 0.635. The number of rotatable bonds is 2. The van der Waals surface area contributed by atoms with Crippen LogP contribution in [0.3, 0.4) is 0 Å². The minimum Gasteiger partial charge on any atom is -0.481 e. The Morgan fingerprint density at radius 2 is 2.29 bits per heavy atom. The van der Waals surface area contributed by atoms with Crippen molar-refractivity contribution >= 4 is 11.9 Å². The van der Waals surface area contributed by atoms with E-state index < -0.39 is 17.9 Å². The summed E-state index contributed by atoms with van der Waals surface area (Å²) in [6.07, 6.45) is 2.28. The van der Waals surface area contributed by atoms with Gasteiger partial charge in [-0.25, -0.2) is 0 Å². The van der Waals surface area contributed by atoms with Crippen LogP contribution in [0.15, 0.2) is 24.4 Å². The molecule has 0 aromatic carbocycles. The molecule has 0 saturated carbocycles. The van der Waals surface area contributed by atoms with Crippen molar-refractivity contribution in [3.8, 4) is 0 Å². The van der Waals surface area contributed by atoms with Crippen LogP contribution in [0.4, 0.5) is 0 Å². The first-order valence-electron chi connectivity index (χ1n) is 5.50. The molecule has 0 bridgehead atoms. The van der Waals surface area contributed by atoms with Gasteiger partial charge in [-0.15, -0.1) is 0 Å². The molecule has 1 fully saturated rings. The average Bonchev–Trinajstić information content (AvgIpc) is 2.33. The van der Waals surface area contributed by atoms with E-state index in [2.05, 4.69) is 4.98 Å². The predicted octanol–water partition coefficient (Wildman–Crippen LogP) is 1.08. The average molecular weight is 234 g/mol. The zero-order valence-corrected chi connectivity index (χ0v) is 9.54. The van der Waals surface area contributed by atoms with E-state index in [1.807, 2.05) is 0 Å². The molecule has 90 valence electrons. The van der Waals surface area contributed by atoms with Crippen LogP contribution in [-0.2, 0) is 9.59 Å². The summed E-state index contributed by atoms with van der Waals surface area (Å²) in [7, 11) is 1.64. The van der Waals surface area contributed by atoms with Crippen molar-refractivity contribution in [3.63, 3.8) is 0 Å². The van der Waals surface area contributed by atoms with Crippen molar-refractivity contribution in [3.05, 3.63) is 30.1 Å². The molecule has 1 N–H and O–H groups in total. The van der Waals surface area contributed by atoms with Crippen molar-refractivity contribution < 1.29 is 14.7 Å². The van der Waals surface area contributed by atoms with Gasteiger partial charge in [0, 0.05) is 19.7 Å². The quantitative estimate of drug-likeness (QED) is 0.831. The number of likely N-dealkylation sites (tertiary alicyclic amines) is 1. The number of pyridine rings is 1. The van der Waals surface area contributed by atoms with Gasteiger partial charge in [0.15, 0.2) is 0 Å². The first kappa shape index (κ1) is 11.6. The first-order chi connectivity index (χ1) is 8.11.